The number of phenols is 1. The Labute approximate surface area is 598 Å². The molecule has 37 nitrogen and oxygen atoms in total. The number of rotatable bonds is 42. The van der Waals surface area contributed by atoms with Crippen LogP contribution in [0.1, 0.15) is 124 Å². The lowest BCUT2D eigenvalue weighted by molar-refractivity contribution is -0.144. The molecule has 8 amide bonds. The Balaban J connectivity index is 1.64. The minimum absolute atomic E-state index is 0.00506. The van der Waals surface area contributed by atoms with Crippen LogP contribution in [0.25, 0.3) is 0 Å². The average Bonchev–Trinajstić information content (AvgIpc) is 1.63. The van der Waals surface area contributed by atoms with E-state index in [2.05, 4.69) is 36.9 Å². The number of hydrogen-bond donors (Lipinski definition) is 17. The number of guanidine groups is 2. The molecule has 3 fully saturated rings. The molecule has 21 N–H and O–H groups in total. The summed E-state index contributed by atoms with van der Waals surface area (Å²) in [7, 11) is 0. The van der Waals surface area contributed by atoms with Gasteiger partial charge in [-0.2, -0.15) is 0 Å². The van der Waals surface area contributed by atoms with Crippen LogP contribution in [0.3, 0.4) is 0 Å². The van der Waals surface area contributed by atoms with Crippen molar-refractivity contribution in [1.82, 2.24) is 61.3 Å². The van der Waals surface area contributed by atoms with Crippen LogP contribution < -0.4 is 54.8 Å². The summed E-state index contributed by atoms with van der Waals surface area (Å²) >= 11 is 0. The summed E-state index contributed by atoms with van der Waals surface area (Å²) in [6.45, 7) is 6.98. The van der Waals surface area contributed by atoms with Crippen molar-refractivity contribution in [3.8, 4) is 5.75 Å². The van der Waals surface area contributed by atoms with Crippen LogP contribution in [-0.4, -0.2) is 296 Å². The summed E-state index contributed by atoms with van der Waals surface area (Å²) in [4.78, 5) is 188. The lowest BCUT2D eigenvalue weighted by atomic mass is 9.84. The smallest absolute Gasteiger partial charge is 0.326 e. The maximum atomic E-state index is 15.2. The van der Waals surface area contributed by atoms with Gasteiger partial charge in [-0.15, -0.1) is 0 Å². The number of nitrogens with two attached hydrogens (primary N) is 4. The predicted octanol–water partition coefficient (Wildman–Crippen LogP) is -3.58. The zero-order chi connectivity index (χ0) is 77.1. The fraction of sp³-hybridized carbons (Fsp3) is 0.682. The van der Waals surface area contributed by atoms with Crippen LogP contribution in [-0.2, 0) is 68.7 Å². The van der Waals surface area contributed by atoms with E-state index in [0.29, 0.717) is 24.8 Å². The Bertz CT molecular complexity index is 3140. The number of amides is 8. The number of carboxylic acid groups (broad SMARTS) is 5. The third-order valence-electron chi connectivity index (χ3n) is 17.9. The first-order chi connectivity index (χ1) is 48.3. The highest BCUT2D eigenvalue weighted by Gasteiger charge is 2.45. The van der Waals surface area contributed by atoms with Crippen molar-refractivity contribution < 1.29 is 93.0 Å². The van der Waals surface area contributed by atoms with Crippen molar-refractivity contribution in [2.45, 2.75) is 173 Å². The van der Waals surface area contributed by atoms with Crippen molar-refractivity contribution in [3.05, 3.63) is 29.8 Å². The summed E-state index contributed by atoms with van der Waals surface area (Å²) in [6, 6.07) is -4.85. The molecule has 1 aromatic rings. The first-order valence-electron chi connectivity index (χ1n) is 34.6. The molecule has 3 aliphatic heterocycles. The number of nitrogens with one attached hydrogen (secondary N) is 7. The molecule has 3 aliphatic rings. The van der Waals surface area contributed by atoms with E-state index in [1.54, 1.807) is 25.7 Å². The van der Waals surface area contributed by atoms with Gasteiger partial charge < -0.3 is 100 Å². The maximum Gasteiger partial charge on any atom is 0.326 e. The van der Waals surface area contributed by atoms with Crippen LogP contribution in [0, 0.1) is 22.2 Å². The molecule has 4 rings (SSSR count). The molecule has 576 valence electrons. The summed E-state index contributed by atoms with van der Waals surface area (Å²) in [5.74, 6) is -14.1. The number of benzene rings is 1. The fourth-order valence-corrected chi connectivity index (χ4v) is 12.7. The number of aliphatic carboxylic acids is 5. The second kappa shape index (κ2) is 41.0. The number of carbonyl (C=O) groups is 13. The van der Waals surface area contributed by atoms with Crippen LogP contribution in [0.5, 0.6) is 5.75 Å². The van der Waals surface area contributed by atoms with E-state index < -0.39 is 175 Å². The standard InChI is InChI=1S/C66H108N18O19/c1-65(2,3)33-45(62(102)103)76-59(99)54(66(4,5)6)78-55(95)44(32-39-16-18-41(85)19-17-39)75-56(96)46-14-10-24-83(46)61(101)43(13-9-23-72-63(68)69)74-58(98)53(40-20-26-82(27-21-40)64(70)71)77-57(97)47-15-11-25-84(47)60(100)42(12-7-8-22-67)73-48(86)34-80(36-50(89)90)30-28-79(35-49(87)88)29-31-81(37-51(91)92)38-52(93)94/h16-19,40,42-47,53-54,85H,7-15,20-38,67H2,1-6H3,(H3,70,71)(H,73,86)(H,74,98)(H,75,96)(H,76,99)(H,77,97)(H,78,95)(H,87,88)(H,89,90)(H,91,92)(H,93,94)(H,102,103)(H4,68,69,72)/t42-,43+,44+,45+,46+,47+,53+,54-/m1/s1. The van der Waals surface area contributed by atoms with E-state index in [-0.39, 0.29) is 147 Å². The normalized spacial score (nSPS) is 17.4. The summed E-state index contributed by atoms with van der Waals surface area (Å²) in [5.41, 5.74) is 21.9. The third-order valence-corrected chi connectivity index (χ3v) is 17.9. The number of phenolic OH excluding ortho intramolecular Hbond substituents is 1. The number of carboxylic acids is 5. The number of hydrogen-bond acceptors (Lipinski definition) is 20. The number of piperidine rings is 1. The van der Waals surface area contributed by atoms with Gasteiger partial charge in [-0.05, 0) is 118 Å². The van der Waals surface area contributed by atoms with E-state index in [1.165, 1.54) is 43.9 Å². The Morgan fingerprint density at radius 1 is 0.563 bits per heavy atom. The van der Waals surface area contributed by atoms with Gasteiger partial charge in [-0.3, -0.25) is 82.6 Å². The van der Waals surface area contributed by atoms with Crippen molar-refractivity contribution in [1.29, 1.82) is 5.41 Å². The van der Waals surface area contributed by atoms with Crippen LogP contribution in [0.2, 0.25) is 0 Å². The topological polar surface area (TPSA) is 575 Å². The average molecular weight is 1460 g/mol. The number of carbonyl (C=O) groups excluding carboxylic acids is 8. The van der Waals surface area contributed by atoms with Gasteiger partial charge in [0.15, 0.2) is 11.9 Å². The molecular weight excluding hydrogens is 1350 g/mol. The molecule has 0 spiro atoms. The number of unbranched alkanes of at least 4 members (excludes halogenated alkanes) is 1. The minimum Gasteiger partial charge on any atom is -0.508 e. The second-order valence-corrected chi connectivity index (χ2v) is 28.7. The number of nitrogens with zero attached hydrogens (tertiary/aromatic N) is 7. The van der Waals surface area contributed by atoms with Crippen molar-refractivity contribution >= 4 is 89.0 Å². The Morgan fingerprint density at radius 3 is 1.51 bits per heavy atom. The third kappa shape index (κ3) is 29.8. The quantitative estimate of drug-likeness (QED) is 0.0171. The Hall–Kier alpha value is -9.49. The van der Waals surface area contributed by atoms with E-state index in [4.69, 9.17) is 28.3 Å². The molecule has 8 atom stereocenters. The van der Waals surface area contributed by atoms with Crippen molar-refractivity contribution in [2.24, 2.45) is 44.7 Å². The van der Waals surface area contributed by atoms with Crippen LogP contribution in [0.15, 0.2) is 29.3 Å². The van der Waals surface area contributed by atoms with Crippen LogP contribution >= 0.6 is 0 Å². The highest BCUT2D eigenvalue weighted by Crippen LogP contribution is 2.28. The number of likely N-dealkylation sites (tertiary alicyclic amines) is 3. The van der Waals surface area contributed by atoms with E-state index in [9.17, 15) is 83.4 Å². The summed E-state index contributed by atoms with van der Waals surface area (Å²) in [6.07, 6.45) is 1.79. The number of aliphatic imine (C=N–C) groups is 1. The Kier molecular flexibility index (Phi) is 34.2. The van der Waals surface area contributed by atoms with Crippen molar-refractivity contribution in [3.63, 3.8) is 0 Å². The summed E-state index contributed by atoms with van der Waals surface area (Å²) < 4.78 is 0. The van der Waals surface area contributed by atoms with Gasteiger partial charge in [0.1, 0.15) is 54.1 Å². The van der Waals surface area contributed by atoms with Crippen molar-refractivity contribution in [2.75, 3.05) is 98.2 Å². The Morgan fingerprint density at radius 2 is 1.04 bits per heavy atom. The molecule has 37 heteroatoms. The molecule has 0 aliphatic carbocycles. The molecule has 3 saturated heterocycles. The van der Waals surface area contributed by atoms with Crippen LogP contribution in [0.4, 0.5) is 0 Å². The van der Waals surface area contributed by atoms with Gasteiger partial charge in [0, 0.05) is 65.3 Å². The largest absolute Gasteiger partial charge is 0.508 e. The molecule has 0 unspecified atom stereocenters. The zero-order valence-corrected chi connectivity index (χ0v) is 59.7. The lowest BCUT2D eigenvalue weighted by Crippen LogP contribution is -2.62. The molecule has 3 heterocycles. The van der Waals surface area contributed by atoms with Gasteiger partial charge in [0.2, 0.25) is 47.3 Å². The molecule has 1 aromatic carbocycles. The SMILES string of the molecule is CC(C)(C)C[C@H](NC(=O)[C@@H](NC(=O)[C@H](Cc1ccc(O)cc1)NC(=O)[C@@H]1CCCN1C(=O)[C@H](CCCN=C(N)N)NC(=O)[C@@H](NC(=O)[C@@H]1CCCN1C(=O)[C@@H](CCCCN)NC(=O)CN(CCN(CCN(CC(=O)O)CC(=O)O)CC(=O)O)CC(=O)O)C1CCN(C(=N)N)CC1)C(C)(C)C)C(=O)O. The second-order valence-electron chi connectivity index (χ2n) is 28.7. The zero-order valence-electron chi connectivity index (χ0n) is 59.7. The highest BCUT2D eigenvalue weighted by molar-refractivity contribution is 5.99. The summed E-state index contributed by atoms with van der Waals surface area (Å²) in [5, 5.41) is 82.8. The van der Waals surface area contributed by atoms with Gasteiger partial charge >= 0.3 is 29.8 Å². The van der Waals surface area contributed by atoms with E-state index in [0.717, 1.165) is 4.90 Å². The molecule has 0 saturated carbocycles. The first kappa shape index (κ1) is 85.9. The highest BCUT2D eigenvalue weighted by atomic mass is 16.4. The predicted molar refractivity (Wildman–Crippen MR) is 373 cm³/mol. The molecule has 0 radical (unpaired) electrons. The van der Waals surface area contributed by atoms with Gasteiger partial charge in [-0.25, -0.2) is 4.79 Å². The molecule has 0 aromatic heterocycles. The van der Waals surface area contributed by atoms with Gasteiger partial charge in [-0.1, -0.05) is 53.7 Å². The fourth-order valence-electron chi connectivity index (χ4n) is 12.7. The van der Waals surface area contributed by atoms with E-state index in [1.807, 2.05) is 20.8 Å². The number of aromatic hydroxyl groups is 1. The minimum atomic E-state index is -1.43. The van der Waals surface area contributed by atoms with E-state index >= 15 is 9.59 Å². The lowest BCUT2D eigenvalue weighted by Gasteiger charge is -2.37. The first-order valence-corrected chi connectivity index (χ1v) is 34.6. The molecular formula is C66H108N18O19. The van der Waals surface area contributed by atoms with Gasteiger partial charge in [0.25, 0.3) is 0 Å². The molecule has 0 bridgehead atoms. The maximum absolute atomic E-state index is 15.2. The van der Waals surface area contributed by atoms with Gasteiger partial charge in [0.05, 0.1) is 32.7 Å². The molecule has 103 heavy (non-hydrogen) atoms. The monoisotopic (exact) mass is 1460 g/mol.